The summed E-state index contributed by atoms with van der Waals surface area (Å²) in [6.07, 6.45) is 6.93. The first-order chi connectivity index (χ1) is 10.5. The molecule has 0 bridgehead atoms. The van der Waals surface area contributed by atoms with Crippen LogP contribution in [0.2, 0.25) is 12.4 Å². The summed E-state index contributed by atoms with van der Waals surface area (Å²) in [5, 5.41) is 0. The zero-order valence-corrected chi connectivity index (χ0v) is 18.7. The third kappa shape index (κ3) is 5.13. The first-order valence-corrected chi connectivity index (χ1v) is 18.0. The fraction of sp³-hybridized carbons (Fsp3) is 1.00. The van der Waals surface area contributed by atoms with E-state index in [1.165, 1.54) is 19.3 Å². The second-order valence-corrected chi connectivity index (χ2v) is 24.0. The van der Waals surface area contributed by atoms with Gasteiger partial charge >= 0.3 is 139 Å². The van der Waals surface area contributed by atoms with Crippen molar-refractivity contribution in [3.63, 3.8) is 0 Å². The minimum absolute atomic E-state index is 0.703. The molecule has 0 fully saturated rings. The van der Waals surface area contributed by atoms with E-state index < -0.39 is 18.6 Å². The van der Waals surface area contributed by atoms with Gasteiger partial charge in [0.05, 0.1) is 0 Å². The summed E-state index contributed by atoms with van der Waals surface area (Å²) in [5.41, 5.74) is 0. The SMILES string of the molecule is CCC[CH2][Zr]([CH2]CCC)([CH2]CCC)([O]CC)([O]CC)[O]CC. The molecule has 4 heteroatoms. The van der Waals surface area contributed by atoms with Crippen LogP contribution in [0, 0.1) is 0 Å². The van der Waals surface area contributed by atoms with Gasteiger partial charge in [0.2, 0.25) is 0 Å². The van der Waals surface area contributed by atoms with Gasteiger partial charge in [-0.15, -0.1) is 0 Å². The van der Waals surface area contributed by atoms with Crippen molar-refractivity contribution in [2.75, 3.05) is 19.8 Å². The van der Waals surface area contributed by atoms with Gasteiger partial charge in [-0.3, -0.25) is 0 Å². The van der Waals surface area contributed by atoms with Crippen LogP contribution in [0.1, 0.15) is 80.1 Å². The molecular formula is C18H42O3Zr. The van der Waals surface area contributed by atoms with Gasteiger partial charge in [0.1, 0.15) is 0 Å². The van der Waals surface area contributed by atoms with Gasteiger partial charge in [-0.1, -0.05) is 0 Å². The fourth-order valence-corrected chi connectivity index (χ4v) is 25.7. The molecule has 0 rings (SSSR count). The molecule has 0 aliphatic carbocycles. The predicted octanol–water partition coefficient (Wildman–Crippen LogP) is 6.72. The van der Waals surface area contributed by atoms with Crippen molar-refractivity contribution in [2.45, 2.75) is 92.5 Å². The van der Waals surface area contributed by atoms with Crippen LogP contribution in [-0.2, 0) is 27.1 Å². The third-order valence-corrected chi connectivity index (χ3v) is 26.0. The van der Waals surface area contributed by atoms with Crippen LogP contribution in [0.3, 0.4) is 0 Å². The van der Waals surface area contributed by atoms with Gasteiger partial charge < -0.3 is 0 Å². The van der Waals surface area contributed by atoms with Crippen molar-refractivity contribution in [1.82, 2.24) is 0 Å². The summed E-state index contributed by atoms with van der Waals surface area (Å²) in [6, 6.07) is 0. The second kappa shape index (κ2) is 9.91. The molecule has 0 aromatic carbocycles. The molecule has 22 heavy (non-hydrogen) atoms. The van der Waals surface area contributed by atoms with Crippen LogP contribution in [0.15, 0.2) is 0 Å². The Morgan fingerprint density at radius 2 is 0.773 bits per heavy atom. The first kappa shape index (κ1) is 22.8. The molecule has 0 aliphatic heterocycles. The molecule has 0 unspecified atom stereocenters. The van der Waals surface area contributed by atoms with Gasteiger partial charge in [-0.2, -0.15) is 0 Å². The molecule has 136 valence electrons. The number of rotatable bonds is 15. The van der Waals surface area contributed by atoms with E-state index in [0.717, 1.165) is 31.6 Å². The predicted molar refractivity (Wildman–Crippen MR) is 94.0 cm³/mol. The monoisotopic (exact) mass is 396 g/mol. The van der Waals surface area contributed by atoms with Gasteiger partial charge in [-0.05, 0) is 0 Å². The number of hydrogen-bond donors (Lipinski definition) is 0. The van der Waals surface area contributed by atoms with Crippen LogP contribution in [0.25, 0.3) is 0 Å². The van der Waals surface area contributed by atoms with Crippen molar-refractivity contribution in [3.8, 4) is 0 Å². The van der Waals surface area contributed by atoms with E-state index in [-0.39, 0.29) is 0 Å². The molecule has 0 amide bonds. The van der Waals surface area contributed by atoms with Crippen LogP contribution in [-0.4, -0.2) is 19.8 Å². The Morgan fingerprint density at radius 3 is 0.955 bits per heavy atom. The normalized spacial score (nSPS) is 15.5. The number of unbranched alkanes of at least 4 members (excludes halogenated alkanes) is 3. The molecule has 0 radical (unpaired) electrons. The van der Waals surface area contributed by atoms with Crippen LogP contribution >= 0.6 is 0 Å². The molecular weight excluding hydrogens is 355 g/mol. The maximum absolute atomic E-state index is 6.75. The molecule has 0 saturated carbocycles. The van der Waals surface area contributed by atoms with Crippen molar-refractivity contribution in [2.24, 2.45) is 0 Å². The Labute approximate surface area is 139 Å². The standard InChI is InChI=1S/3C4H9.3C2H5O.Zr/c3*1-3-4-2;3*1-2-3;/h3*1,3-4H2,2H3;3*2H2,1H3;/q;;;3*-1;+3. The Morgan fingerprint density at radius 1 is 0.500 bits per heavy atom. The van der Waals surface area contributed by atoms with E-state index in [1.807, 2.05) is 0 Å². The summed E-state index contributed by atoms with van der Waals surface area (Å²) in [6.45, 7) is 15.2. The Bertz CT molecular complexity index is 251. The summed E-state index contributed by atoms with van der Waals surface area (Å²) in [5.74, 6) is 0. The Hall–Kier alpha value is 0.763. The van der Waals surface area contributed by atoms with E-state index in [1.54, 1.807) is 0 Å². The molecule has 0 aromatic heterocycles. The maximum atomic E-state index is 6.75. The van der Waals surface area contributed by atoms with Crippen LogP contribution in [0.4, 0.5) is 0 Å². The van der Waals surface area contributed by atoms with E-state index in [0.29, 0.717) is 19.8 Å². The van der Waals surface area contributed by atoms with Crippen molar-refractivity contribution in [3.05, 3.63) is 0 Å². The summed E-state index contributed by atoms with van der Waals surface area (Å²) >= 11 is -4.65. The molecule has 0 N–H and O–H groups in total. The second-order valence-electron chi connectivity index (χ2n) is 6.91. The zero-order chi connectivity index (χ0) is 17.0. The summed E-state index contributed by atoms with van der Waals surface area (Å²) < 4.78 is 23.3. The molecule has 0 atom stereocenters. The van der Waals surface area contributed by atoms with Crippen molar-refractivity contribution in [1.29, 1.82) is 0 Å². The van der Waals surface area contributed by atoms with E-state index >= 15 is 0 Å². The Kier molecular flexibility index (Phi) is 10.3. The van der Waals surface area contributed by atoms with Crippen LogP contribution < -0.4 is 0 Å². The van der Waals surface area contributed by atoms with Crippen molar-refractivity contribution >= 4 is 0 Å². The minimum atomic E-state index is -4.65. The fourth-order valence-electron chi connectivity index (χ4n) is 4.35. The third-order valence-electron chi connectivity index (χ3n) is 5.28. The van der Waals surface area contributed by atoms with E-state index in [4.69, 9.17) is 8.44 Å². The summed E-state index contributed by atoms with van der Waals surface area (Å²) in [7, 11) is 0. The first-order valence-electron chi connectivity index (χ1n) is 9.78. The zero-order valence-electron chi connectivity index (χ0n) is 16.2. The quantitative estimate of drug-likeness (QED) is 0.307. The van der Waals surface area contributed by atoms with Gasteiger partial charge in [0.15, 0.2) is 0 Å². The van der Waals surface area contributed by atoms with E-state index in [2.05, 4.69) is 41.5 Å². The molecule has 0 spiro atoms. The molecule has 0 heterocycles. The van der Waals surface area contributed by atoms with Crippen LogP contribution in [0.5, 0.6) is 0 Å². The van der Waals surface area contributed by atoms with Gasteiger partial charge in [0.25, 0.3) is 0 Å². The molecule has 3 nitrogen and oxygen atoms in total. The molecule has 0 aliphatic rings. The van der Waals surface area contributed by atoms with Crippen molar-refractivity contribution < 1.29 is 27.1 Å². The number of hydrogen-bond acceptors (Lipinski definition) is 3. The molecule has 0 aromatic rings. The average Bonchev–Trinajstić information content (AvgIpc) is 2.51. The average molecular weight is 398 g/mol. The summed E-state index contributed by atoms with van der Waals surface area (Å²) in [4.78, 5) is 0. The van der Waals surface area contributed by atoms with Gasteiger partial charge in [0, 0.05) is 0 Å². The molecule has 0 saturated heterocycles. The van der Waals surface area contributed by atoms with Gasteiger partial charge in [-0.25, -0.2) is 0 Å². The topological polar surface area (TPSA) is 27.7 Å². The van der Waals surface area contributed by atoms with E-state index in [9.17, 15) is 0 Å². The Balaban J connectivity index is 6.08.